The van der Waals surface area contributed by atoms with Crippen LogP contribution in [0.2, 0.25) is 0 Å². The standard InChI is InChI=1S/C20H22N4O2S/c1-3-24(4-2)17-12-10-16(11-13-17)21-18(25)14-27-20-23-22-19(26-20)15-8-6-5-7-9-15/h5-13H,3-4,14H2,1-2H3,(H,21,25). The van der Waals surface area contributed by atoms with Crippen molar-refractivity contribution in [2.24, 2.45) is 0 Å². The summed E-state index contributed by atoms with van der Waals surface area (Å²) in [7, 11) is 0. The number of hydrogen-bond acceptors (Lipinski definition) is 6. The topological polar surface area (TPSA) is 71.3 Å². The van der Waals surface area contributed by atoms with Crippen LogP contribution < -0.4 is 10.2 Å². The number of hydrogen-bond donors (Lipinski definition) is 1. The van der Waals surface area contributed by atoms with Crippen molar-refractivity contribution >= 4 is 29.0 Å². The van der Waals surface area contributed by atoms with Crippen molar-refractivity contribution in [3.8, 4) is 11.5 Å². The maximum Gasteiger partial charge on any atom is 0.277 e. The van der Waals surface area contributed by atoms with Gasteiger partial charge in [-0.15, -0.1) is 10.2 Å². The third kappa shape index (κ3) is 5.10. The van der Waals surface area contributed by atoms with E-state index in [0.717, 1.165) is 30.0 Å². The average molecular weight is 382 g/mol. The van der Waals surface area contributed by atoms with E-state index in [1.807, 2.05) is 54.6 Å². The van der Waals surface area contributed by atoms with E-state index >= 15 is 0 Å². The van der Waals surface area contributed by atoms with Gasteiger partial charge in [-0.2, -0.15) is 0 Å². The van der Waals surface area contributed by atoms with E-state index in [2.05, 4.69) is 34.3 Å². The molecule has 3 aromatic rings. The van der Waals surface area contributed by atoms with Gasteiger partial charge in [0.25, 0.3) is 5.22 Å². The van der Waals surface area contributed by atoms with Crippen LogP contribution in [0.15, 0.2) is 64.2 Å². The van der Waals surface area contributed by atoms with Crippen LogP contribution in [0, 0.1) is 0 Å². The number of nitrogens with zero attached hydrogens (tertiary/aromatic N) is 3. The highest BCUT2D eigenvalue weighted by atomic mass is 32.2. The molecule has 2 aromatic carbocycles. The van der Waals surface area contributed by atoms with Gasteiger partial charge in [0.05, 0.1) is 5.75 Å². The Hall–Kier alpha value is -2.80. The zero-order chi connectivity index (χ0) is 19.1. The summed E-state index contributed by atoms with van der Waals surface area (Å²) in [6.45, 7) is 6.15. The van der Waals surface area contributed by atoms with Crippen molar-refractivity contribution in [3.05, 3.63) is 54.6 Å². The lowest BCUT2D eigenvalue weighted by atomic mass is 10.2. The number of amides is 1. The molecule has 0 fully saturated rings. The molecule has 1 heterocycles. The molecular formula is C20H22N4O2S. The largest absolute Gasteiger partial charge is 0.411 e. The lowest BCUT2D eigenvalue weighted by Gasteiger charge is -2.21. The molecule has 0 radical (unpaired) electrons. The zero-order valence-electron chi connectivity index (χ0n) is 15.4. The zero-order valence-corrected chi connectivity index (χ0v) is 16.2. The Labute approximate surface area is 163 Å². The number of aromatic nitrogens is 2. The van der Waals surface area contributed by atoms with Gasteiger partial charge in [0, 0.05) is 30.0 Å². The molecule has 0 atom stereocenters. The molecule has 3 rings (SSSR count). The molecule has 27 heavy (non-hydrogen) atoms. The fourth-order valence-corrected chi connectivity index (χ4v) is 3.20. The summed E-state index contributed by atoms with van der Waals surface area (Å²) < 4.78 is 5.59. The molecule has 6 nitrogen and oxygen atoms in total. The van der Waals surface area contributed by atoms with Crippen molar-refractivity contribution in [1.82, 2.24) is 10.2 Å². The predicted octanol–water partition coefficient (Wildman–Crippen LogP) is 4.31. The summed E-state index contributed by atoms with van der Waals surface area (Å²) in [5.41, 5.74) is 2.77. The van der Waals surface area contributed by atoms with Crippen molar-refractivity contribution in [2.45, 2.75) is 19.1 Å². The Morgan fingerprint density at radius 1 is 1.04 bits per heavy atom. The number of rotatable bonds is 8. The Balaban J connectivity index is 1.52. The van der Waals surface area contributed by atoms with E-state index in [1.165, 1.54) is 11.8 Å². The summed E-state index contributed by atoms with van der Waals surface area (Å²) in [4.78, 5) is 14.4. The molecule has 0 aliphatic heterocycles. The first-order valence-electron chi connectivity index (χ1n) is 8.86. The van der Waals surface area contributed by atoms with Crippen LogP contribution in [0.25, 0.3) is 11.5 Å². The second kappa shape index (κ2) is 9.23. The van der Waals surface area contributed by atoms with Crippen LogP contribution in [0.4, 0.5) is 11.4 Å². The molecule has 140 valence electrons. The average Bonchev–Trinajstić information content (AvgIpc) is 3.18. The summed E-state index contributed by atoms with van der Waals surface area (Å²) in [5, 5.41) is 11.3. The monoisotopic (exact) mass is 382 g/mol. The maximum absolute atomic E-state index is 12.2. The summed E-state index contributed by atoms with van der Waals surface area (Å²) >= 11 is 1.22. The normalized spacial score (nSPS) is 10.6. The highest BCUT2D eigenvalue weighted by Gasteiger charge is 2.11. The van der Waals surface area contributed by atoms with Crippen molar-refractivity contribution < 1.29 is 9.21 Å². The van der Waals surface area contributed by atoms with E-state index in [0.29, 0.717) is 11.1 Å². The summed E-state index contributed by atoms with van der Waals surface area (Å²) in [6, 6.07) is 17.4. The fourth-order valence-electron chi connectivity index (χ4n) is 2.63. The molecule has 1 amide bonds. The smallest absolute Gasteiger partial charge is 0.277 e. The second-order valence-electron chi connectivity index (χ2n) is 5.80. The van der Waals surface area contributed by atoms with Crippen LogP contribution in [0.5, 0.6) is 0 Å². The minimum Gasteiger partial charge on any atom is -0.411 e. The van der Waals surface area contributed by atoms with Crippen LogP contribution >= 0.6 is 11.8 Å². The van der Waals surface area contributed by atoms with Crippen molar-refractivity contribution in [1.29, 1.82) is 0 Å². The van der Waals surface area contributed by atoms with E-state index in [9.17, 15) is 4.79 Å². The number of benzene rings is 2. The molecule has 1 aromatic heterocycles. The molecule has 0 saturated carbocycles. The van der Waals surface area contributed by atoms with E-state index < -0.39 is 0 Å². The number of carbonyl (C=O) groups excluding carboxylic acids is 1. The number of nitrogens with one attached hydrogen (secondary N) is 1. The number of anilines is 2. The summed E-state index contributed by atoms with van der Waals surface area (Å²) in [6.07, 6.45) is 0. The van der Waals surface area contributed by atoms with Gasteiger partial charge in [-0.3, -0.25) is 4.79 Å². The van der Waals surface area contributed by atoms with Crippen LogP contribution in [-0.4, -0.2) is 34.9 Å². The highest BCUT2D eigenvalue weighted by Crippen LogP contribution is 2.23. The molecule has 7 heteroatoms. The third-order valence-electron chi connectivity index (χ3n) is 4.03. The second-order valence-corrected chi connectivity index (χ2v) is 6.72. The molecule has 0 aliphatic carbocycles. The van der Waals surface area contributed by atoms with Gasteiger partial charge >= 0.3 is 0 Å². The Kier molecular flexibility index (Phi) is 6.49. The van der Waals surface area contributed by atoms with Crippen molar-refractivity contribution in [3.63, 3.8) is 0 Å². The van der Waals surface area contributed by atoms with Gasteiger partial charge in [-0.1, -0.05) is 30.0 Å². The van der Waals surface area contributed by atoms with Crippen LogP contribution in [0.3, 0.4) is 0 Å². The minimum atomic E-state index is -0.116. The SMILES string of the molecule is CCN(CC)c1ccc(NC(=O)CSc2nnc(-c3ccccc3)o2)cc1. The molecule has 0 bridgehead atoms. The first kappa shape index (κ1) is 19.0. The van der Waals surface area contributed by atoms with Gasteiger partial charge in [-0.25, -0.2) is 0 Å². The maximum atomic E-state index is 12.2. The Morgan fingerprint density at radius 3 is 2.41 bits per heavy atom. The lowest BCUT2D eigenvalue weighted by Crippen LogP contribution is -2.21. The highest BCUT2D eigenvalue weighted by molar-refractivity contribution is 7.99. The molecule has 0 saturated heterocycles. The summed E-state index contributed by atoms with van der Waals surface area (Å²) in [5.74, 6) is 0.536. The molecule has 1 N–H and O–H groups in total. The van der Waals surface area contributed by atoms with Gasteiger partial charge in [0.1, 0.15) is 0 Å². The lowest BCUT2D eigenvalue weighted by molar-refractivity contribution is -0.113. The third-order valence-corrected chi connectivity index (χ3v) is 4.85. The van der Waals surface area contributed by atoms with Crippen LogP contribution in [0.1, 0.15) is 13.8 Å². The number of carbonyl (C=O) groups is 1. The van der Waals surface area contributed by atoms with E-state index in [-0.39, 0.29) is 11.7 Å². The van der Waals surface area contributed by atoms with E-state index in [4.69, 9.17) is 4.42 Å². The Morgan fingerprint density at radius 2 is 1.74 bits per heavy atom. The predicted molar refractivity (Wildman–Crippen MR) is 109 cm³/mol. The van der Waals surface area contributed by atoms with Gasteiger partial charge in [-0.05, 0) is 50.2 Å². The van der Waals surface area contributed by atoms with Crippen LogP contribution in [-0.2, 0) is 4.79 Å². The minimum absolute atomic E-state index is 0.116. The molecule has 0 spiro atoms. The Bertz CT molecular complexity index is 861. The first-order valence-corrected chi connectivity index (χ1v) is 9.84. The van der Waals surface area contributed by atoms with Crippen molar-refractivity contribution in [2.75, 3.05) is 29.1 Å². The molecular weight excluding hydrogens is 360 g/mol. The number of thioether (sulfide) groups is 1. The fraction of sp³-hybridized carbons (Fsp3) is 0.250. The molecule has 0 unspecified atom stereocenters. The molecule has 0 aliphatic rings. The van der Waals surface area contributed by atoms with Gasteiger partial charge in [0.15, 0.2) is 0 Å². The van der Waals surface area contributed by atoms with E-state index in [1.54, 1.807) is 0 Å². The first-order chi connectivity index (χ1) is 13.2. The quantitative estimate of drug-likeness (QED) is 0.585. The van der Waals surface area contributed by atoms with Gasteiger partial charge in [0.2, 0.25) is 11.8 Å². The van der Waals surface area contributed by atoms with Gasteiger partial charge < -0.3 is 14.6 Å².